The van der Waals surface area contributed by atoms with Gasteiger partial charge in [0.05, 0.1) is 0 Å². The average Bonchev–Trinajstić information content (AvgIpc) is 2.50. The molecule has 1 aromatic rings. The van der Waals surface area contributed by atoms with E-state index in [1.165, 1.54) is 6.42 Å². The van der Waals surface area contributed by atoms with Crippen LogP contribution in [-0.2, 0) is 6.42 Å². The summed E-state index contributed by atoms with van der Waals surface area (Å²) in [5.41, 5.74) is 1.68. The van der Waals surface area contributed by atoms with Crippen molar-refractivity contribution >= 4 is 11.7 Å². The van der Waals surface area contributed by atoms with Gasteiger partial charge in [0, 0.05) is 30.9 Å². The van der Waals surface area contributed by atoms with Crippen LogP contribution in [0.2, 0.25) is 0 Å². The highest BCUT2D eigenvalue weighted by Crippen LogP contribution is 2.15. The Labute approximate surface area is 129 Å². The zero-order chi connectivity index (χ0) is 15.8. The van der Waals surface area contributed by atoms with Gasteiger partial charge in [-0.1, -0.05) is 26.7 Å². The smallest absolute Gasteiger partial charge is 0.254 e. The van der Waals surface area contributed by atoms with Crippen molar-refractivity contribution in [2.24, 2.45) is 0 Å². The highest BCUT2D eigenvalue weighted by molar-refractivity contribution is 5.95. The van der Waals surface area contributed by atoms with Crippen molar-refractivity contribution in [1.82, 2.24) is 9.88 Å². The standard InChI is InChI=1S/C17H29N3O/c1-6-8-9-10-20(13(3)4)17(21)14-11-15(7-2)19-16(12-14)18-5/h11-13H,6-10H2,1-5H3,(H,18,19). The Morgan fingerprint density at radius 1 is 1.29 bits per heavy atom. The van der Waals surface area contributed by atoms with E-state index >= 15 is 0 Å². The number of pyridine rings is 1. The molecule has 0 spiro atoms. The van der Waals surface area contributed by atoms with Crippen LogP contribution in [0.25, 0.3) is 0 Å². The van der Waals surface area contributed by atoms with Crippen molar-refractivity contribution in [3.05, 3.63) is 23.4 Å². The van der Waals surface area contributed by atoms with Crippen LogP contribution in [0.3, 0.4) is 0 Å². The van der Waals surface area contributed by atoms with Crippen LogP contribution in [0.15, 0.2) is 12.1 Å². The molecule has 0 atom stereocenters. The number of hydrogen-bond acceptors (Lipinski definition) is 3. The maximum absolute atomic E-state index is 12.8. The Balaban J connectivity index is 2.96. The van der Waals surface area contributed by atoms with Crippen molar-refractivity contribution in [3.8, 4) is 0 Å². The quantitative estimate of drug-likeness (QED) is 0.742. The van der Waals surface area contributed by atoms with Crippen molar-refractivity contribution in [1.29, 1.82) is 0 Å². The summed E-state index contributed by atoms with van der Waals surface area (Å²) in [6.45, 7) is 9.20. The highest BCUT2D eigenvalue weighted by atomic mass is 16.2. The SMILES string of the molecule is CCCCCN(C(=O)c1cc(CC)nc(NC)c1)C(C)C. The van der Waals surface area contributed by atoms with E-state index in [4.69, 9.17) is 0 Å². The first-order chi connectivity index (χ1) is 10.0. The van der Waals surface area contributed by atoms with Gasteiger partial charge in [-0.05, 0) is 38.8 Å². The molecule has 0 aliphatic heterocycles. The fourth-order valence-corrected chi connectivity index (χ4v) is 2.31. The summed E-state index contributed by atoms with van der Waals surface area (Å²) < 4.78 is 0. The Morgan fingerprint density at radius 3 is 2.52 bits per heavy atom. The van der Waals surface area contributed by atoms with Crippen molar-refractivity contribution < 1.29 is 4.79 Å². The summed E-state index contributed by atoms with van der Waals surface area (Å²) in [7, 11) is 1.83. The number of unbranched alkanes of at least 4 members (excludes halogenated alkanes) is 2. The van der Waals surface area contributed by atoms with Gasteiger partial charge in [0.2, 0.25) is 0 Å². The Hall–Kier alpha value is -1.58. The lowest BCUT2D eigenvalue weighted by Gasteiger charge is -2.27. The number of aryl methyl sites for hydroxylation is 1. The van der Waals surface area contributed by atoms with Crippen LogP contribution < -0.4 is 5.32 Å². The molecule has 1 heterocycles. The number of rotatable bonds is 8. The Morgan fingerprint density at radius 2 is 2.00 bits per heavy atom. The molecule has 118 valence electrons. The minimum absolute atomic E-state index is 0.106. The van der Waals surface area contributed by atoms with Gasteiger partial charge in [-0.3, -0.25) is 4.79 Å². The van der Waals surface area contributed by atoms with Crippen LogP contribution in [0.1, 0.15) is 63.0 Å². The van der Waals surface area contributed by atoms with Gasteiger partial charge in [0.1, 0.15) is 5.82 Å². The minimum atomic E-state index is 0.106. The zero-order valence-electron chi connectivity index (χ0n) is 14.1. The predicted octanol–water partition coefficient (Wildman–Crippen LogP) is 3.73. The van der Waals surface area contributed by atoms with Gasteiger partial charge in [-0.2, -0.15) is 0 Å². The molecular formula is C17H29N3O. The second-order valence-corrected chi connectivity index (χ2v) is 5.64. The number of nitrogens with one attached hydrogen (secondary N) is 1. The van der Waals surface area contributed by atoms with Crippen molar-refractivity contribution in [2.75, 3.05) is 18.9 Å². The maximum atomic E-state index is 12.8. The van der Waals surface area contributed by atoms with Gasteiger partial charge in [-0.15, -0.1) is 0 Å². The Kier molecular flexibility index (Phi) is 7.20. The normalized spacial score (nSPS) is 10.8. The number of carbonyl (C=O) groups is 1. The van der Waals surface area contributed by atoms with Crippen molar-refractivity contribution in [3.63, 3.8) is 0 Å². The number of aromatic nitrogens is 1. The highest BCUT2D eigenvalue weighted by Gasteiger charge is 2.19. The number of carbonyl (C=O) groups excluding carboxylic acids is 1. The molecule has 1 amide bonds. The molecule has 1 N–H and O–H groups in total. The lowest BCUT2D eigenvalue weighted by Crippen LogP contribution is -2.37. The summed E-state index contributed by atoms with van der Waals surface area (Å²) in [5, 5.41) is 3.04. The molecule has 1 aromatic heterocycles. The second kappa shape index (κ2) is 8.65. The molecule has 0 aliphatic rings. The molecule has 0 aromatic carbocycles. The zero-order valence-corrected chi connectivity index (χ0v) is 14.1. The van der Waals surface area contributed by atoms with Crippen LogP contribution in [-0.4, -0.2) is 35.4 Å². The first kappa shape index (κ1) is 17.5. The van der Waals surface area contributed by atoms with E-state index in [9.17, 15) is 4.79 Å². The summed E-state index contributed by atoms with van der Waals surface area (Å²) in [5.74, 6) is 0.865. The molecule has 0 fully saturated rings. The molecule has 21 heavy (non-hydrogen) atoms. The Bertz CT molecular complexity index is 435. The molecular weight excluding hydrogens is 262 g/mol. The summed E-state index contributed by atoms with van der Waals surface area (Å²) in [6.07, 6.45) is 4.21. The van der Waals surface area contributed by atoms with E-state index in [0.717, 1.165) is 42.9 Å². The lowest BCUT2D eigenvalue weighted by atomic mass is 10.1. The topological polar surface area (TPSA) is 45.2 Å². The van der Waals surface area contributed by atoms with E-state index in [1.54, 1.807) is 0 Å². The first-order valence-electron chi connectivity index (χ1n) is 8.03. The van der Waals surface area contributed by atoms with Gasteiger partial charge in [0.25, 0.3) is 5.91 Å². The largest absolute Gasteiger partial charge is 0.373 e. The number of nitrogens with zero attached hydrogens (tertiary/aromatic N) is 2. The third kappa shape index (κ3) is 5.03. The van der Waals surface area contributed by atoms with E-state index < -0.39 is 0 Å². The van der Waals surface area contributed by atoms with Crippen molar-refractivity contribution in [2.45, 2.75) is 59.4 Å². The fraction of sp³-hybridized carbons (Fsp3) is 0.647. The third-order valence-corrected chi connectivity index (χ3v) is 3.63. The van der Waals surface area contributed by atoms with Crippen LogP contribution in [0.5, 0.6) is 0 Å². The predicted molar refractivity (Wildman–Crippen MR) is 88.9 cm³/mol. The third-order valence-electron chi connectivity index (χ3n) is 3.63. The molecule has 0 saturated heterocycles. The maximum Gasteiger partial charge on any atom is 0.254 e. The van der Waals surface area contributed by atoms with Crippen LogP contribution >= 0.6 is 0 Å². The lowest BCUT2D eigenvalue weighted by molar-refractivity contribution is 0.0702. The molecule has 0 saturated carbocycles. The van der Waals surface area contributed by atoms with E-state index in [0.29, 0.717) is 0 Å². The molecule has 0 bridgehead atoms. The van der Waals surface area contributed by atoms with Gasteiger partial charge < -0.3 is 10.2 Å². The summed E-state index contributed by atoms with van der Waals surface area (Å²) in [4.78, 5) is 19.2. The molecule has 1 rings (SSSR count). The monoisotopic (exact) mass is 291 g/mol. The number of anilines is 1. The van der Waals surface area contributed by atoms with Crippen LogP contribution in [0.4, 0.5) is 5.82 Å². The van der Waals surface area contributed by atoms with E-state index in [2.05, 4.69) is 38.0 Å². The summed E-state index contributed by atoms with van der Waals surface area (Å²) in [6, 6.07) is 3.97. The molecule has 4 heteroatoms. The molecule has 0 unspecified atom stereocenters. The summed E-state index contributed by atoms with van der Waals surface area (Å²) >= 11 is 0. The average molecular weight is 291 g/mol. The number of hydrogen-bond donors (Lipinski definition) is 1. The molecule has 0 aliphatic carbocycles. The van der Waals surface area contributed by atoms with Gasteiger partial charge >= 0.3 is 0 Å². The molecule has 4 nitrogen and oxygen atoms in total. The first-order valence-corrected chi connectivity index (χ1v) is 8.03. The van der Waals surface area contributed by atoms with Gasteiger partial charge in [0.15, 0.2) is 0 Å². The number of amides is 1. The van der Waals surface area contributed by atoms with Gasteiger partial charge in [-0.25, -0.2) is 4.98 Å². The second-order valence-electron chi connectivity index (χ2n) is 5.64. The van der Waals surface area contributed by atoms with E-state index in [-0.39, 0.29) is 11.9 Å². The minimum Gasteiger partial charge on any atom is -0.373 e. The van der Waals surface area contributed by atoms with E-state index in [1.807, 2.05) is 24.1 Å². The molecule has 0 radical (unpaired) electrons. The fourth-order valence-electron chi connectivity index (χ4n) is 2.31. The van der Waals surface area contributed by atoms with Crippen LogP contribution in [0, 0.1) is 0 Å².